The molecule has 0 aliphatic carbocycles. The standard InChI is InChI=1S/C33H30N6O5/c1-3-10-28-34-26(4-2)29(32(40)42-20-27-30(44-33(41)43-27)23-11-6-5-7-12-23)39(28)19-21-15-17-22(18-16-21)24-13-8-9-14-25(24)31-35-37-38-36-31/h5-9,11-18H,3-4,10,19-20H2,1-2H3,(H,35,36,37,38). The number of nitrogens with zero attached hydrogens (tertiary/aromatic N) is 5. The van der Waals surface area contributed by atoms with E-state index in [0.29, 0.717) is 42.2 Å². The smallest absolute Gasteiger partial charge is 0.453 e. The maximum atomic E-state index is 13.6. The number of tetrazole rings is 1. The minimum atomic E-state index is -0.859. The van der Waals surface area contributed by atoms with Crippen LogP contribution in [-0.2, 0) is 30.7 Å². The van der Waals surface area contributed by atoms with E-state index >= 15 is 0 Å². The van der Waals surface area contributed by atoms with Crippen molar-refractivity contribution in [2.75, 3.05) is 0 Å². The van der Waals surface area contributed by atoms with Gasteiger partial charge in [0.15, 0.2) is 23.8 Å². The van der Waals surface area contributed by atoms with Gasteiger partial charge < -0.3 is 18.1 Å². The zero-order valence-corrected chi connectivity index (χ0v) is 24.3. The Morgan fingerprint density at radius 2 is 1.66 bits per heavy atom. The van der Waals surface area contributed by atoms with E-state index in [1.165, 1.54) is 0 Å². The van der Waals surface area contributed by atoms with Crippen LogP contribution in [0.25, 0.3) is 33.8 Å². The number of esters is 1. The molecule has 0 radical (unpaired) electrons. The van der Waals surface area contributed by atoms with E-state index in [4.69, 9.17) is 18.6 Å². The molecule has 3 heterocycles. The minimum Gasteiger partial charge on any atom is -0.453 e. The third kappa shape index (κ3) is 5.84. The summed E-state index contributed by atoms with van der Waals surface area (Å²) in [6, 6.07) is 25.1. The highest BCUT2D eigenvalue weighted by atomic mass is 16.6. The van der Waals surface area contributed by atoms with Crippen molar-refractivity contribution in [3.05, 3.63) is 118 Å². The number of hydrogen-bond donors (Lipinski definition) is 1. The van der Waals surface area contributed by atoms with Gasteiger partial charge in [-0.15, -0.1) is 10.2 Å². The summed E-state index contributed by atoms with van der Waals surface area (Å²) in [5, 5.41) is 14.5. The molecule has 44 heavy (non-hydrogen) atoms. The molecule has 6 rings (SSSR count). The Kier molecular flexibility index (Phi) is 8.26. The predicted octanol–water partition coefficient (Wildman–Crippen LogP) is 5.86. The topological polar surface area (TPSA) is 142 Å². The van der Waals surface area contributed by atoms with Crippen LogP contribution in [0.4, 0.5) is 0 Å². The van der Waals surface area contributed by atoms with E-state index < -0.39 is 11.8 Å². The molecule has 1 N–H and O–H groups in total. The first-order valence-corrected chi connectivity index (χ1v) is 14.4. The fourth-order valence-corrected chi connectivity index (χ4v) is 5.20. The molecule has 0 saturated carbocycles. The Hall–Kier alpha value is -5.58. The molecule has 0 spiro atoms. The molecule has 11 nitrogen and oxygen atoms in total. The fourth-order valence-electron chi connectivity index (χ4n) is 5.20. The molecule has 3 aromatic heterocycles. The molecule has 3 aromatic carbocycles. The van der Waals surface area contributed by atoms with E-state index in [9.17, 15) is 9.59 Å². The number of carbonyl (C=O) groups is 1. The van der Waals surface area contributed by atoms with Crippen molar-refractivity contribution in [3.63, 3.8) is 0 Å². The summed E-state index contributed by atoms with van der Waals surface area (Å²) in [7, 11) is 0. The SMILES string of the molecule is CCCc1nc(CC)c(C(=O)OCc2oc(=O)oc2-c2ccccc2)n1Cc1ccc(-c2ccccc2-c2nn[nH]n2)cc1. The largest absolute Gasteiger partial charge is 0.519 e. The summed E-state index contributed by atoms with van der Waals surface area (Å²) in [4.78, 5) is 30.4. The zero-order valence-electron chi connectivity index (χ0n) is 24.3. The summed E-state index contributed by atoms with van der Waals surface area (Å²) in [6.07, 6.45) is 2.11. The summed E-state index contributed by atoms with van der Waals surface area (Å²) in [5.74, 6) is 0.299. The van der Waals surface area contributed by atoms with E-state index in [1.807, 2.05) is 78.2 Å². The van der Waals surface area contributed by atoms with Crippen molar-refractivity contribution in [1.82, 2.24) is 30.2 Å². The summed E-state index contributed by atoms with van der Waals surface area (Å²) < 4.78 is 18.1. The number of benzene rings is 3. The molecule has 0 fully saturated rings. The molecular weight excluding hydrogens is 560 g/mol. The lowest BCUT2D eigenvalue weighted by Crippen LogP contribution is -2.16. The van der Waals surface area contributed by atoms with Gasteiger partial charge in [-0.05, 0) is 34.7 Å². The number of H-pyrrole nitrogens is 1. The Balaban J connectivity index is 1.27. The second-order valence-electron chi connectivity index (χ2n) is 10.1. The van der Waals surface area contributed by atoms with Crippen molar-refractivity contribution in [3.8, 4) is 33.8 Å². The zero-order chi connectivity index (χ0) is 30.5. The van der Waals surface area contributed by atoms with Crippen molar-refractivity contribution < 1.29 is 18.4 Å². The first-order chi connectivity index (χ1) is 21.6. The average molecular weight is 591 g/mol. The van der Waals surface area contributed by atoms with Gasteiger partial charge in [-0.1, -0.05) is 92.7 Å². The third-order valence-electron chi connectivity index (χ3n) is 7.26. The van der Waals surface area contributed by atoms with Gasteiger partial charge in [0.05, 0.1) is 5.69 Å². The van der Waals surface area contributed by atoms with E-state index in [0.717, 1.165) is 34.5 Å². The van der Waals surface area contributed by atoms with Gasteiger partial charge in [0.25, 0.3) is 0 Å². The van der Waals surface area contributed by atoms with E-state index in [1.54, 1.807) is 12.1 Å². The Labute approximate surface area is 252 Å². The van der Waals surface area contributed by atoms with Crippen molar-refractivity contribution >= 4 is 5.97 Å². The van der Waals surface area contributed by atoms with Crippen LogP contribution in [-0.4, -0.2) is 36.1 Å². The molecule has 0 atom stereocenters. The third-order valence-corrected chi connectivity index (χ3v) is 7.26. The van der Waals surface area contributed by atoms with Crippen LogP contribution in [0, 0.1) is 0 Å². The molecule has 0 amide bonds. The van der Waals surface area contributed by atoms with Gasteiger partial charge in [-0.2, -0.15) is 5.21 Å². The van der Waals surface area contributed by atoms with Crippen LogP contribution in [0.2, 0.25) is 0 Å². The highest BCUT2D eigenvalue weighted by molar-refractivity contribution is 5.89. The van der Waals surface area contributed by atoms with E-state index in [-0.39, 0.29) is 18.1 Å². The molecule has 0 aliphatic heterocycles. The van der Waals surface area contributed by atoms with Crippen LogP contribution in [0.3, 0.4) is 0 Å². The number of ether oxygens (including phenoxy) is 1. The fraction of sp³-hybridized carbons (Fsp3) is 0.212. The Morgan fingerprint density at radius 1 is 0.909 bits per heavy atom. The Morgan fingerprint density at radius 3 is 2.36 bits per heavy atom. The van der Waals surface area contributed by atoms with Crippen LogP contribution in [0.15, 0.2) is 92.5 Å². The number of aromatic amines is 1. The van der Waals surface area contributed by atoms with Crippen molar-refractivity contribution in [1.29, 1.82) is 0 Å². The lowest BCUT2D eigenvalue weighted by molar-refractivity contribution is 0.0430. The molecular formula is C33H30N6O5. The summed E-state index contributed by atoms with van der Waals surface area (Å²) in [6.45, 7) is 4.19. The number of aromatic nitrogens is 6. The van der Waals surface area contributed by atoms with Crippen molar-refractivity contribution in [2.45, 2.75) is 46.3 Å². The summed E-state index contributed by atoms with van der Waals surface area (Å²) >= 11 is 0. The first-order valence-electron chi connectivity index (χ1n) is 14.4. The summed E-state index contributed by atoms with van der Waals surface area (Å²) in [5.41, 5.74) is 5.53. The van der Waals surface area contributed by atoms with Gasteiger partial charge in [0, 0.05) is 24.1 Å². The maximum Gasteiger partial charge on any atom is 0.519 e. The maximum absolute atomic E-state index is 13.6. The quantitative estimate of drug-likeness (QED) is 0.184. The molecule has 222 valence electrons. The van der Waals surface area contributed by atoms with Crippen LogP contribution >= 0.6 is 0 Å². The van der Waals surface area contributed by atoms with Gasteiger partial charge in [-0.25, -0.2) is 14.6 Å². The predicted molar refractivity (Wildman–Crippen MR) is 162 cm³/mol. The van der Waals surface area contributed by atoms with Gasteiger partial charge in [0.1, 0.15) is 5.82 Å². The van der Waals surface area contributed by atoms with Crippen LogP contribution in [0.5, 0.6) is 0 Å². The minimum absolute atomic E-state index is 0.143. The lowest BCUT2D eigenvalue weighted by Gasteiger charge is -2.13. The number of aryl methyl sites for hydroxylation is 2. The molecule has 0 aliphatic rings. The second-order valence-corrected chi connectivity index (χ2v) is 10.1. The number of rotatable bonds is 11. The average Bonchev–Trinajstić information content (AvgIpc) is 3.80. The van der Waals surface area contributed by atoms with Gasteiger partial charge in [-0.3, -0.25) is 0 Å². The van der Waals surface area contributed by atoms with E-state index in [2.05, 4.69) is 27.5 Å². The highest BCUT2D eigenvalue weighted by Gasteiger charge is 2.25. The Bertz CT molecular complexity index is 1920. The number of hydrogen-bond acceptors (Lipinski definition) is 9. The number of carbonyl (C=O) groups excluding carboxylic acids is 1. The lowest BCUT2D eigenvalue weighted by atomic mass is 9.98. The first kappa shape index (κ1) is 28.5. The van der Waals surface area contributed by atoms with Crippen molar-refractivity contribution in [2.24, 2.45) is 0 Å². The highest BCUT2D eigenvalue weighted by Crippen LogP contribution is 2.30. The molecule has 11 heteroatoms. The van der Waals surface area contributed by atoms with Gasteiger partial charge in [0.2, 0.25) is 5.82 Å². The second kappa shape index (κ2) is 12.7. The molecule has 6 aromatic rings. The molecule has 0 saturated heterocycles. The van der Waals surface area contributed by atoms with Crippen LogP contribution < -0.4 is 5.82 Å². The van der Waals surface area contributed by atoms with Gasteiger partial charge >= 0.3 is 11.8 Å². The number of nitrogens with one attached hydrogen (secondary N) is 1. The molecule has 0 bridgehead atoms. The van der Waals surface area contributed by atoms with Crippen LogP contribution in [0.1, 0.15) is 53.6 Å². The monoisotopic (exact) mass is 590 g/mol. The normalized spacial score (nSPS) is 11.1. The molecule has 0 unspecified atom stereocenters. The number of imidazole rings is 1.